The van der Waals surface area contributed by atoms with Gasteiger partial charge in [0.1, 0.15) is 16.8 Å². The number of nitrogens with two attached hydrogens (primary N) is 1. The Balaban J connectivity index is 1.84. The summed E-state index contributed by atoms with van der Waals surface area (Å²) in [6, 6.07) is 12.6. The average Bonchev–Trinajstić information content (AvgIpc) is 3.23. The average molecular weight is 360 g/mol. The maximum atomic E-state index is 12.5. The molecule has 0 radical (unpaired) electrons. The summed E-state index contributed by atoms with van der Waals surface area (Å²) in [6.45, 7) is 0. The molecular formula is C16H16N4O2S2. The highest BCUT2D eigenvalue weighted by Crippen LogP contribution is 2.26. The van der Waals surface area contributed by atoms with Gasteiger partial charge in [-0.2, -0.15) is 11.8 Å². The maximum Gasteiger partial charge on any atom is 0.287 e. The summed E-state index contributed by atoms with van der Waals surface area (Å²) in [7, 11) is 0. The molecule has 3 aromatic rings. The Morgan fingerprint density at radius 1 is 1.29 bits per heavy atom. The molecule has 3 rings (SSSR count). The Hall–Kier alpha value is -2.32. The number of thioether (sulfide) groups is 1. The molecule has 0 aliphatic rings. The maximum absolute atomic E-state index is 12.5. The molecule has 1 aromatic carbocycles. The predicted molar refractivity (Wildman–Crippen MR) is 96.0 cm³/mol. The Kier molecular flexibility index (Phi) is 5.17. The molecule has 6 nitrogen and oxygen atoms in total. The molecule has 0 bridgehead atoms. The van der Waals surface area contributed by atoms with Gasteiger partial charge in [-0.05, 0) is 24.0 Å². The number of benzene rings is 1. The van der Waals surface area contributed by atoms with Gasteiger partial charge >= 0.3 is 0 Å². The van der Waals surface area contributed by atoms with E-state index in [1.165, 1.54) is 11.3 Å². The Labute approximate surface area is 147 Å². The number of nitrogen functional groups attached to an aromatic ring is 1. The minimum atomic E-state index is -0.428. The van der Waals surface area contributed by atoms with Crippen LogP contribution < -0.4 is 11.1 Å². The van der Waals surface area contributed by atoms with Gasteiger partial charge < -0.3 is 15.5 Å². The van der Waals surface area contributed by atoms with Gasteiger partial charge in [-0.3, -0.25) is 4.79 Å². The van der Waals surface area contributed by atoms with Crippen LogP contribution in [0.25, 0.3) is 0 Å². The van der Waals surface area contributed by atoms with Crippen molar-refractivity contribution in [2.45, 2.75) is 11.8 Å². The number of carbonyl (C=O) groups is 1. The number of amides is 1. The summed E-state index contributed by atoms with van der Waals surface area (Å²) >= 11 is 2.88. The quantitative estimate of drug-likeness (QED) is 0.701. The van der Waals surface area contributed by atoms with Crippen molar-refractivity contribution < 1.29 is 9.21 Å². The fraction of sp³-hybridized carbons (Fsp3) is 0.188. The molecule has 0 saturated heterocycles. The van der Waals surface area contributed by atoms with Crippen molar-refractivity contribution in [1.29, 1.82) is 0 Å². The van der Waals surface area contributed by atoms with Gasteiger partial charge in [0.05, 0.1) is 5.75 Å². The van der Waals surface area contributed by atoms with Crippen LogP contribution in [0.5, 0.6) is 0 Å². The second-order valence-corrected chi connectivity index (χ2v) is 6.90. The van der Waals surface area contributed by atoms with Crippen LogP contribution in [-0.2, 0) is 5.75 Å². The Morgan fingerprint density at radius 2 is 2.08 bits per heavy atom. The van der Waals surface area contributed by atoms with Crippen LogP contribution >= 0.6 is 23.1 Å². The molecule has 0 unspecified atom stereocenters. The highest BCUT2D eigenvalue weighted by Gasteiger charge is 2.23. The van der Waals surface area contributed by atoms with Crippen LogP contribution in [0.3, 0.4) is 0 Å². The molecule has 0 saturated carbocycles. The number of anilines is 1. The van der Waals surface area contributed by atoms with Crippen LogP contribution in [0.4, 0.5) is 5.13 Å². The normalized spacial score (nSPS) is 12.0. The van der Waals surface area contributed by atoms with E-state index in [0.717, 1.165) is 17.1 Å². The standard InChI is InChI=1S/C16H16N4O2S2/c1-23-9-11-7-8-12(22-11)14(21)18-13(10-5-3-2-4-6-10)15-19-20-16(17)24-15/h2-8,13H,9H2,1H3,(H2,17,20)(H,18,21)/t13-/m0/s1. The number of rotatable bonds is 6. The van der Waals surface area contributed by atoms with Crippen molar-refractivity contribution in [2.24, 2.45) is 0 Å². The van der Waals surface area contributed by atoms with Crippen molar-refractivity contribution in [3.63, 3.8) is 0 Å². The van der Waals surface area contributed by atoms with Crippen molar-refractivity contribution >= 4 is 34.1 Å². The van der Waals surface area contributed by atoms with Gasteiger partial charge in [-0.1, -0.05) is 41.7 Å². The predicted octanol–water partition coefficient (Wildman–Crippen LogP) is 3.10. The number of aromatic nitrogens is 2. The van der Waals surface area contributed by atoms with Crippen LogP contribution in [0, 0.1) is 0 Å². The first-order valence-electron chi connectivity index (χ1n) is 7.19. The van der Waals surface area contributed by atoms with E-state index < -0.39 is 6.04 Å². The summed E-state index contributed by atoms with van der Waals surface area (Å²) in [5.74, 6) is 1.47. The lowest BCUT2D eigenvalue weighted by Crippen LogP contribution is -2.29. The lowest BCUT2D eigenvalue weighted by Gasteiger charge is -2.15. The molecule has 0 spiro atoms. The molecule has 0 fully saturated rings. The van der Waals surface area contributed by atoms with E-state index in [4.69, 9.17) is 10.2 Å². The highest BCUT2D eigenvalue weighted by atomic mass is 32.2. The van der Waals surface area contributed by atoms with Gasteiger partial charge in [0.25, 0.3) is 5.91 Å². The molecule has 1 atom stereocenters. The second-order valence-electron chi connectivity index (χ2n) is 4.99. The third-order valence-corrected chi connectivity index (χ3v) is 4.67. The highest BCUT2D eigenvalue weighted by molar-refractivity contribution is 7.97. The summed E-state index contributed by atoms with van der Waals surface area (Å²) in [4.78, 5) is 12.5. The first-order valence-corrected chi connectivity index (χ1v) is 9.40. The number of hydrogen-bond donors (Lipinski definition) is 2. The summed E-state index contributed by atoms with van der Waals surface area (Å²) < 4.78 is 5.57. The molecule has 0 aliphatic carbocycles. The second kappa shape index (κ2) is 7.50. The zero-order valence-corrected chi connectivity index (χ0v) is 14.6. The largest absolute Gasteiger partial charge is 0.455 e. The summed E-state index contributed by atoms with van der Waals surface area (Å²) in [5, 5.41) is 11.8. The van der Waals surface area contributed by atoms with Crippen LogP contribution in [0.1, 0.15) is 32.9 Å². The van der Waals surface area contributed by atoms with E-state index in [9.17, 15) is 4.79 Å². The lowest BCUT2D eigenvalue weighted by molar-refractivity contribution is 0.0913. The topological polar surface area (TPSA) is 94.0 Å². The van der Waals surface area contributed by atoms with E-state index in [1.54, 1.807) is 17.8 Å². The van der Waals surface area contributed by atoms with Gasteiger partial charge in [0.15, 0.2) is 5.76 Å². The van der Waals surface area contributed by atoms with E-state index in [2.05, 4.69) is 15.5 Å². The monoisotopic (exact) mass is 360 g/mol. The van der Waals surface area contributed by atoms with Gasteiger partial charge in [0, 0.05) is 0 Å². The van der Waals surface area contributed by atoms with Crippen molar-refractivity contribution in [3.05, 3.63) is 64.6 Å². The van der Waals surface area contributed by atoms with E-state index in [-0.39, 0.29) is 11.7 Å². The first-order chi connectivity index (χ1) is 11.7. The minimum Gasteiger partial charge on any atom is -0.455 e. The fourth-order valence-corrected chi connectivity index (χ4v) is 3.35. The van der Waals surface area contributed by atoms with Crippen LogP contribution in [-0.4, -0.2) is 22.4 Å². The Morgan fingerprint density at radius 3 is 2.75 bits per heavy atom. The van der Waals surface area contributed by atoms with Crippen molar-refractivity contribution in [1.82, 2.24) is 15.5 Å². The Bertz CT molecular complexity index is 816. The molecule has 2 heterocycles. The van der Waals surface area contributed by atoms with Crippen LogP contribution in [0.2, 0.25) is 0 Å². The molecule has 1 amide bonds. The smallest absolute Gasteiger partial charge is 0.287 e. The number of nitrogens with zero attached hydrogens (tertiary/aromatic N) is 2. The number of nitrogens with one attached hydrogen (secondary N) is 1. The third kappa shape index (κ3) is 3.77. The van der Waals surface area contributed by atoms with E-state index >= 15 is 0 Å². The zero-order valence-electron chi connectivity index (χ0n) is 12.9. The molecule has 8 heteroatoms. The number of carbonyl (C=O) groups excluding carboxylic acids is 1. The number of furan rings is 1. The van der Waals surface area contributed by atoms with E-state index in [0.29, 0.717) is 10.1 Å². The third-order valence-electron chi connectivity index (χ3n) is 3.28. The molecule has 24 heavy (non-hydrogen) atoms. The molecule has 2 aromatic heterocycles. The van der Waals surface area contributed by atoms with Gasteiger partial charge in [-0.25, -0.2) is 0 Å². The molecular weight excluding hydrogens is 344 g/mol. The fourth-order valence-electron chi connectivity index (χ4n) is 2.22. The van der Waals surface area contributed by atoms with E-state index in [1.807, 2.05) is 42.7 Å². The van der Waals surface area contributed by atoms with Crippen molar-refractivity contribution in [2.75, 3.05) is 12.0 Å². The van der Waals surface area contributed by atoms with Crippen molar-refractivity contribution in [3.8, 4) is 0 Å². The first kappa shape index (κ1) is 16.5. The lowest BCUT2D eigenvalue weighted by atomic mass is 10.1. The van der Waals surface area contributed by atoms with Gasteiger partial charge in [0.2, 0.25) is 5.13 Å². The summed E-state index contributed by atoms with van der Waals surface area (Å²) in [6.07, 6.45) is 1.98. The zero-order chi connectivity index (χ0) is 16.9. The SMILES string of the molecule is CSCc1ccc(C(=O)N[C@@H](c2ccccc2)c2nnc(N)s2)o1. The minimum absolute atomic E-state index is 0.275. The summed E-state index contributed by atoms with van der Waals surface area (Å²) in [5.41, 5.74) is 6.59. The molecule has 3 N–H and O–H groups in total. The van der Waals surface area contributed by atoms with Crippen LogP contribution in [0.15, 0.2) is 46.9 Å². The van der Waals surface area contributed by atoms with Gasteiger partial charge in [-0.15, -0.1) is 10.2 Å². The number of hydrogen-bond acceptors (Lipinski definition) is 7. The molecule has 0 aliphatic heterocycles. The molecule has 124 valence electrons.